The lowest BCUT2D eigenvalue weighted by Crippen LogP contribution is -2.39. The van der Waals surface area contributed by atoms with Crippen molar-refractivity contribution in [2.75, 3.05) is 13.7 Å². The third kappa shape index (κ3) is 4.36. The van der Waals surface area contributed by atoms with Crippen LogP contribution in [0.3, 0.4) is 0 Å². The van der Waals surface area contributed by atoms with Crippen molar-refractivity contribution in [2.24, 2.45) is 4.99 Å². The number of hydrogen-bond acceptors (Lipinski definition) is 7. The minimum Gasteiger partial charge on any atom is -0.506 e. The third-order valence-corrected chi connectivity index (χ3v) is 6.76. The molecule has 7 nitrogen and oxygen atoms in total. The van der Waals surface area contributed by atoms with E-state index in [1.54, 1.807) is 39.2 Å². The molecule has 1 aliphatic heterocycles. The molecule has 10 heteroatoms. The maximum Gasteiger partial charge on any atom is 0.338 e. The van der Waals surface area contributed by atoms with Crippen LogP contribution < -0.4 is 19.6 Å². The Morgan fingerprint density at radius 2 is 2.06 bits per heavy atom. The molecule has 1 aliphatic rings. The molecule has 1 aromatic heterocycles. The fourth-order valence-electron chi connectivity index (χ4n) is 3.76. The number of carbonyl (C=O) groups excluding carboxylic acids is 1. The Labute approximate surface area is 208 Å². The summed E-state index contributed by atoms with van der Waals surface area (Å²) in [6.07, 6.45) is 1.50. The molecule has 0 saturated heterocycles. The van der Waals surface area contributed by atoms with Crippen LogP contribution in [-0.2, 0) is 9.53 Å². The molecule has 2 aromatic carbocycles. The number of thiazole rings is 1. The molecule has 0 bridgehead atoms. The van der Waals surface area contributed by atoms with Crippen LogP contribution >= 0.6 is 34.5 Å². The molecule has 0 fully saturated rings. The first-order valence-electron chi connectivity index (χ1n) is 10.3. The molecule has 1 N–H and O–H groups in total. The molecule has 0 amide bonds. The summed E-state index contributed by atoms with van der Waals surface area (Å²) < 4.78 is 12.4. The lowest BCUT2D eigenvalue weighted by atomic mass is 9.95. The molecule has 1 atom stereocenters. The molecule has 2 heterocycles. The summed E-state index contributed by atoms with van der Waals surface area (Å²) in [5.74, 6) is -0.161. The Hall–Kier alpha value is -3.07. The van der Waals surface area contributed by atoms with E-state index in [9.17, 15) is 14.7 Å². The van der Waals surface area contributed by atoms with Gasteiger partial charge >= 0.3 is 5.97 Å². The van der Waals surface area contributed by atoms with Crippen molar-refractivity contribution in [3.05, 3.63) is 88.5 Å². The fraction of sp³-hybridized carbons (Fsp3) is 0.208. The molecule has 3 aromatic rings. The van der Waals surface area contributed by atoms with Crippen molar-refractivity contribution >= 4 is 46.6 Å². The lowest BCUT2D eigenvalue weighted by Gasteiger charge is -2.25. The van der Waals surface area contributed by atoms with E-state index < -0.39 is 12.0 Å². The average molecular weight is 519 g/mol. The number of phenolic OH excluding ortho intramolecular Hbond substituents is 1. The molecule has 0 saturated carbocycles. The first kappa shape index (κ1) is 24.1. The van der Waals surface area contributed by atoms with Gasteiger partial charge in [0.25, 0.3) is 5.56 Å². The van der Waals surface area contributed by atoms with Gasteiger partial charge in [0.05, 0.1) is 40.6 Å². The number of ether oxygens (including phenoxy) is 2. The summed E-state index contributed by atoms with van der Waals surface area (Å²) in [6, 6.07) is 9.29. The number of aromatic nitrogens is 1. The van der Waals surface area contributed by atoms with Gasteiger partial charge in [0.15, 0.2) is 4.80 Å². The van der Waals surface area contributed by atoms with Crippen molar-refractivity contribution < 1.29 is 19.4 Å². The predicted octanol–water partition coefficient (Wildman–Crippen LogP) is 3.82. The third-order valence-electron chi connectivity index (χ3n) is 5.27. The number of esters is 1. The minimum absolute atomic E-state index is 0.0706. The maximum atomic E-state index is 13.6. The zero-order chi connectivity index (χ0) is 24.6. The predicted molar refractivity (Wildman–Crippen MR) is 132 cm³/mol. The Bertz CT molecular complexity index is 1510. The van der Waals surface area contributed by atoms with Gasteiger partial charge in [0.2, 0.25) is 0 Å². The highest BCUT2D eigenvalue weighted by Crippen LogP contribution is 2.33. The Morgan fingerprint density at radius 1 is 1.29 bits per heavy atom. The largest absolute Gasteiger partial charge is 0.506 e. The minimum atomic E-state index is -0.774. The van der Waals surface area contributed by atoms with Crippen LogP contribution in [0.2, 0.25) is 10.0 Å². The molecule has 4 rings (SSSR count). The van der Waals surface area contributed by atoms with E-state index in [1.165, 1.54) is 22.8 Å². The van der Waals surface area contributed by atoms with E-state index in [1.807, 2.05) is 6.07 Å². The topological polar surface area (TPSA) is 90.1 Å². The number of benzene rings is 2. The molecular formula is C24H20Cl2N2O5S. The number of methoxy groups -OCH3 is 1. The molecule has 0 radical (unpaired) electrons. The number of carbonyl (C=O) groups is 1. The summed E-state index contributed by atoms with van der Waals surface area (Å²) in [5.41, 5.74) is 1.29. The van der Waals surface area contributed by atoms with Crippen molar-refractivity contribution in [1.82, 2.24) is 4.57 Å². The standard InChI is InChI=1S/C24H20Cl2N2O5S/c1-4-33-23(31)19-12(2)27-24-28(20(19)13-6-5-7-16(9-13)32-3)22(30)18(34-24)10-14-8-15(25)11-17(26)21(14)29/h5-11,20,29H,4H2,1-3H3/t20-/m0/s1. The van der Waals surface area contributed by atoms with Crippen LogP contribution in [0.1, 0.15) is 31.0 Å². The Balaban J connectivity index is 1.99. The highest BCUT2D eigenvalue weighted by atomic mass is 35.5. The number of fused-ring (bicyclic) bond motifs is 1. The first-order chi connectivity index (χ1) is 16.2. The molecule has 0 spiro atoms. The SMILES string of the molecule is CCOC(=O)C1=C(C)N=c2sc(=Cc3cc(Cl)cc(Cl)c3O)c(=O)n2[C@H]1c1cccc(OC)c1. The summed E-state index contributed by atoms with van der Waals surface area (Å²) >= 11 is 13.2. The van der Waals surface area contributed by atoms with Crippen molar-refractivity contribution in [3.63, 3.8) is 0 Å². The van der Waals surface area contributed by atoms with Gasteiger partial charge in [-0.2, -0.15) is 0 Å². The van der Waals surface area contributed by atoms with E-state index >= 15 is 0 Å². The van der Waals surface area contributed by atoms with Crippen molar-refractivity contribution in [3.8, 4) is 11.5 Å². The number of aromatic hydroxyl groups is 1. The summed E-state index contributed by atoms with van der Waals surface area (Å²) in [5, 5.41) is 10.7. The smallest absolute Gasteiger partial charge is 0.338 e. The Morgan fingerprint density at radius 3 is 2.76 bits per heavy atom. The van der Waals surface area contributed by atoms with Crippen LogP contribution in [0, 0.1) is 0 Å². The second kappa shape index (κ2) is 9.66. The number of nitrogens with zero attached hydrogens (tertiary/aromatic N) is 2. The van der Waals surface area contributed by atoms with E-state index in [0.717, 1.165) is 11.3 Å². The second-order valence-electron chi connectivity index (χ2n) is 7.40. The van der Waals surface area contributed by atoms with E-state index in [2.05, 4.69) is 4.99 Å². The van der Waals surface area contributed by atoms with Gasteiger partial charge in [-0.15, -0.1) is 0 Å². The molecular weight excluding hydrogens is 499 g/mol. The summed E-state index contributed by atoms with van der Waals surface area (Å²) in [6.45, 7) is 3.60. The maximum absolute atomic E-state index is 13.6. The number of hydrogen-bond donors (Lipinski definition) is 1. The lowest BCUT2D eigenvalue weighted by molar-refractivity contribution is -0.139. The monoisotopic (exact) mass is 518 g/mol. The number of rotatable bonds is 5. The second-order valence-corrected chi connectivity index (χ2v) is 9.26. The van der Waals surface area contributed by atoms with Gasteiger partial charge in [0, 0.05) is 10.6 Å². The van der Waals surface area contributed by atoms with E-state index in [-0.39, 0.29) is 33.0 Å². The molecule has 0 unspecified atom stereocenters. The van der Waals surface area contributed by atoms with Crippen LogP contribution in [0.15, 0.2) is 57.5 Å². The summed E-state index contributed by atoms with van der Waals surface area (Å²) in [7, 11) is 1.54. The van der Waals surface area contributed by atoms with Crippen molar-refractivity contribution in [1.29, 1.82) is 0 Å². The first-order valence-corrected chi connectivity index (χ1v) is 11.8. The number of phenols is 1. The van der Waals surface area contributed by atoms with Crippen LogP contribution in [0.5, 0.6) is 11.5 Å². The van der Waals surface area contributed by atoms with E-state index in [0.29, 0.717) is 32.4 Å². The van der Waals surface area contributed by atoms with Crippen LogP contribution in [-0.4, -0.2) is 29.4 Å². The van der Waals surface area contributed by atoms with Gasteiger partial charge in [-0.1, -0.05) is 46.7 Å². The zero-order valence-corrected chi connectivity index (χ0v) is 20.8. The number of allylic oxidation sites excluding steroid dienone is 1. The van der Waals surface area contributed by atoms with Gasteiger partial charge < -0.3 is 14.6 Å². The van der Waals surface area contributed by atoms with Crippen molar-refractivity contribution in [2.45, 2.75) is 19.9 Å². The molecule has 176 valence electrons. The highest BCUT2D eigenvalue weighted by molar-refractivity contribution is 7.07. The van der Waals surface area contributed by atoms with E-state index in [4.69, 9.17) is 32.7 Å². The highest BCUT2D eigenvalue weighted by Gasteiger charge is 2.33. The average Bonchev–Trinajstić information content (AvgIpc) is 3.10. The fourth-order valence-corrected chi connectivity index (χ4v) is 5.30. The van der Waals surface area contributed by atoms with Gasteiger partial charge in [-0.25, -0.2) is 9.79 Å². The summed E-state index contributed by atoms with van der Waals surface area (Å²) in [4.78, 5) is 31.5. The Kier molecular flexibility index (Phi) is 6.84. The van der Waals surface area contributed by atoms with Gasteiger partial charge in [-0.3, -0.25) is 9.36 Å². The zero-order valence-electron chi connectivity index (χ0n) is 18.5. The van der Waals surface area contributed by atoms with Crippen LogP contribution in [0.4, 0.5) is 0 Å². The van der Waals surface area contributed by atoms with Crippen LogP contribution in [0.25, 0.3) is 6.08 Å². The molecule has 34 heavy (non-hydrogen) atoms. The van der Waals surface area contributed by atoms with Gasteiger partial charge in [-0.05, 0) is 49.8 Å². The normalized spacial score (nSPS) is 15.7. The number of halogens is 2. The van der Waals surface area contributed by atoms with Gasteiger partial charge in [0.1, 0.15) is 11.5 Å². The molecule has 0 aliphatic carbocycles. The quantitative estimate of drug-likeness (QED) is 0.518.